The number of hydrogen-bond acceptors (Lipinski definition) is 3. The van der Waals surface area contributed by atoms with Crippen LogP contribution in [0.5, 0.6) is 0 Å². The van der Waals surface area contributed by atoms with Gasteiger partial charge in [0.05, 0.1) is 11.8 Å². The summed E-state index contributed by atoms with van der Waals surface area (Å²) >= 11 is 0. The second-order valence-corrected chi connectivity index (χ2v) is 2.73. The van der Waals surface area contributed by atoms with E-state index < -0.39 is 0 Å². The van der Waals surface area contributed by atoms with Crippen molar-refractivity contribution < 1.29 is 13.9 Å². The van der Waals surface area contributed by atoms with Gasteiger partial charge in [-0.3, -0.25) is 4.79 Å². The molecule has 0 bridgehead atoms. The Morgan fingerprint density at radius 2 is 2.38 bits per heavy atom. The molecule has 0 fully saturated rings. The minimum Gasteiger partial charge on any atom is -0.472 e. The van der Waals surface area contributed by atoms with Gasteiger partial charge in [0.2, 0.25) is 0 Å². The first-order valence-electron chi connectivity index (χ1n) is 4.47. The van der Waals surface area contributed by atoms with Crippen molar-refractivity contribution in [1.82, 2.24) is 0 Å². The molecule has 1 unspecified atom stereocenters. The number of carbonyl (C=O) groups is 1. The molecule has 0 amide bonds. The molecule has 1 atom stereocenters. The zero-order chi connectivity index (χ0) is 9.68. The van der Waals surface area contributed by atoms with Gasteiger partial charge in [-0.05, 0) is 19.4 Å². The van der Waals surface area contributed by atoms with Gasteiger partial charge in [0.1, 0.15) is 12.4 Å². The minimum atomic E-state index is -0.331. The summed E-state index contributed by atoms with van der Waals surface area (Å²) in [5.41, 5.74) is 0.584. The number of ether oxygens (including phenoxy) is 1. The van der Waals surface area contributed by atoms with Crippen molar-refractivity contribution in [3.05, 3.63) is 24.2 Å². The highest BCUT2D eigenvalue weighted by Crippen LogP contribution is 2.09. The van der Waals surface area contributed by atoms with Crippen molar-refractivity contribution in [1.29, 1.82) is 0 Å². The van der Waals surface area contributed by atoms with E-state index in [-0.39, 0.29) is 11.9 Å². The highest BCUT2D eigenvalue weighted by atomic mass is 16.5. The van der Waals surface area contributed by atoms with Crippen LogP contribution in [0.2, 0.25) is 0 Å². The lowest BCUT2D eigenvalue weighted by molar-refractivity contribution is 0.0443. The van der Waals surface area contributed by atoms with Crippen LogP contribution in [0.15, 0.2) is 23.0 Å². The molecule has 1 heterocycles. The Hall–Kier alpha value is -1.09. The maximum Gasteiger partial charge on any atom is 0.194 e. The largest absolute Gasteiger partial charge is 0.472 e. The zero-order valence-corrected chi connectivity index (χ0v) is 7.95. The molecule has 0 saturated heterocycles. The fraction of sp³-hybridized carbons (Fsp3) is 0.500. The van der Waals surface area contributed by atoms with Crippen molar-refractivity contribution in [2.75, 3.05) is 6.61 Å². The third-order valence-corrected chi connectivity index (χ3v) is 1.84. The Bertz CT molecular complexity index is 251. The molecular formula is C10H14O3. The van der Waals surface area contributed by atoms with Crippen LogP contribution in [-0.2, 0) is 4.74 Å². The zero-order valence-electron chi connectivity index (χ0n) is 7.95. The number of furan rings is 1. The van der Waals surface area contributed by atoms with Gasteiger partial charge < -0.3 is 9.15 Å². The topological polar surface area (TPSA) is 39.4 Å². The molecule has 0 aliphatic rings. The first-order chi connectivity index (χ1) is 6.29. The predicted octanol–water partition coefficient (Wildman–Crippen LogP) is 2.28. The lowest BCUT2D eigenvalue weighted by Crippen LogP contribution is -2.23. The van der Waals surface area contributed by atoms with E-state index in [0.717, 1.165) is 0 Å². The second-order valence-electron chi connectivity index (χ2n) is 2.73. The Balaban J connectivity index is 2.65. The van der Waals surface area contributed by atoms with Crippen LogP contribution in [-0.4, -0.2) is 18.5 Å². The smallest absolute Gasteiger partial charge is 0.194 e. The van der Waals surface area contributed by atoms with E-state index >= 15 is 0 Å². The van der Waals surface area contributed by atoms with Crippen molar-refractivity contribution in [3.63, 3.8) is 0 Å². The summed E-state index contributed by atoms with van der Waals surface area (Å²) in [6.07, 6.45) is 3.30. The van der Waals surface area contributed by atoms with Gasteiger partial charge in [0.15, 0.2) is 5.78 Å². The van der Waals surface area contributed by atoms with Gasteiger partial charge >= 0.3 is 0 Å². The standard InChI is InChI=1S/C10H14O3/c1-3-9(13-4-2)10(11)8-5-6-12-7-8/h5-7,9H,3-4H2,1-2H3. The molecule has 1 aromatic rings. The van der Waals surface area contributed by atoms with Crippen LogP contribution in [0, 0.1) is 0 Å². The van der Waals surface area contributed by atoms with Gasteiger partial charge in [-0.25, -0.2) is 0 Å². The van der Waals surface area contributed by atoms with Crippen LogP contribution in [0.3, 0.4) is 0 Å². The first kappa shape index (κ1) is 9.99. The molecule has 3 nitrogen and oxygen atoms in total. The highest BCUT2D eigenvalue weighted by Gasteiger charge is 2.18. The summed E-state index contributed by atoms with van der Waals surface area (Å²) in [7, 11) is 0. The van der Waals surface area contributed by atoms with Crippen LogP contribution >= 0.6 is 0 Å². The van der Waals surface area contributed by atoms with Gasteiger partial charge in [-0.2, -0.15) is 0 Å². The summed E-state index contributed by atoms with van der Waals surface area (Å²) < 4.78 is 10.1. The number of ketones is 1. The maximum absolute atomic E-state index is 11.6. The molecule has 72 valence electrons. The highest BCUT2D eigenvalue weighted by molar-refractivity contribution is 5.99. The number of rotatable bonds is 5. The molecule has 13 heavy (non-hydrogen) atoms. The summed E-state index contributed by atoms with van der Waals surface area (Å²) in [6.45, 7) is 4.37. The predicted molar refractivity (Wildman–Crippen MR) is 48.7 cm³/mol. The van der Waals surface area contributed by atoms with Crippen molar-refractivity contribution in [3.8, 4) is 0 Å². The van der Waals surface area contributed by atoms with Crippen LogP contribution in [0.1, 0.15) is 30.6 Å². The number of hydrogen-bond donors (Lipinski definition) is 0. The Morgan fingerprint density at radius 1 is 1.62 bits per heavy atom. The van der Waals surface area contributed by atoms with Crippen molar-refractivity contribution in [2.45, 2.75) is 26.4 Å². The van der Waals surface area contributed by atoms with E-state index in [4.69, 9.17) is 9.15 Å². The van der Waals surface area contributed by atoms with Gasteiger partial charge in [0.25, 0.3) is 0 Å². The molecule has 1 aromatic heterocycles. The molecule has 0 aliphatic carbocycles. The first-order valence-corrected chi connectivity index (χ1v) is 4.47. The Kier molecular flexibility index (Phi) is 3.71. The fourth-order valence-electron chi connectivity index (χ4n) is 1.17. The molecule has 1 rings (SSSR count). The summed E-state index contributed by atoms with van der Waals surface area (Å²) in [4.78, 5) is 11.6. The van der Waals surface area contributed by atoms with E-state index in [9.17, 15) is 4.79 Å². The van der Waals surface area contributed by atoms with Crippen LogP contribution < -0.4 is 0 Å². The van der Waals surface area contributed by atoms with E-state index in [1.165, 1.54) is 12.5 Å². The average Bonchev–Trinajstić information content (AvgIpc) is 2.65. The minimum absolute atomic E-state index is 0.00176. The normalized spacial score (nSPS) is 12.8. The van der Waals surface area contributed by atoms with E-state index in [1.54, 1.807) is 6.07 Å². The average molecular weight is 182 g/mol. The molecule has 3 heteroatoms. The SMILES string of the molecule is CCOC(CC)C(=O)c1ccoc1. The van der Waals surface area contributed by atoms with Crippen LogP contribution in [0.25, 0.3) is 0 Å². The van der Waals surface area contributed by atoms with Gasteiger partial charge in [0, 0.05) is 6.61 Å². The lowest BCUT2D eigenvalue weighted by atomic mass is 10.1. The van der Waals surface area contributed by atoms with Gasteiger partial charge in [-0.15, -0.1) is 0 Å². The van der Waals surface area contributed by atoms with E-state index in [2.05, 4.69) is 0 Å². The summed E-state index contributed by atoms with van der Waals surface area (Å²) in [5.74, 6) is -0.00176. The van der Waals surface area contributed by atoms with E-state index in [1.807, 2.05) is 13.8 Å². The number of Topliss-reactive ketones (excluding diaryl/α,β-unsaturated/α-hetero) is 1. The van der Waals surface area contributed by atoms with Crippen LogP contribution in [0.4, 0.5) is 0 Å². The van der Waals surface area contributed by atoms with Gasteiger partial charge in [-0.1, -0.05) is 6.92 Å². The molecule has 0 aromatic carbocycles. The lowest BCUT2D eigenvalue weighted by Gasteiger charge is -2.11. The van der Waals surface area contributed by atoms with Crippen molar-refractivity contribution in [2.24, 2.45) is 0 Å². The monoisotopic (exact) mass is 182 g/mol. The molecule has 0 radical (unpaired) electrons. The third-order valence-electron chi connectivity index (χ3n) is 1.84. The second kappa shape index (κ2) is 4.82. The third kappa shape index (κ3) is 2.42. The number of carbonyl (C=O) groups excluding carboxylic acids is 1. The molecule has 0 N–H and O–H groups in total. The molecule has 0 spiro atoms. The summed E-state index contributed by atoms with van der Waals surface area (Å²) in [6, 6.07) is 1.66. The Labute approximate surface area is 77.7 Å². The molecule has 0 aliphatic heterocycles. The maximum atomic E-state index is 11.6. The molecule has 0 saturated carbocycles. The summed E-state index contributed by atoms with van der Waals surface area (Å²) in [5, 5.41) is 0. The van der Waals surface area contributed by atoms with E-state index in [0.29, 0.717) is 18.6 Å². The fourth-order valence-corrected chi connectivity index (χ4v) is 1.17. The van der Waals surface area contributed by atoms with Crippen molar-refractivity contribution >= 4 is 5.78 Å². The Morgan fingerprint density at radius 3 is 2.85 bits per heavy atom. The quantitative estimate of drug-likeness (QED) is 0.656. The molecular weight excluding hydrogens is 168 g/mol.